The molecule has 6 rings (SSSR count). The number of aromatic nitrogens is 2. The van der Waals surface area contributed by atoms with Crippen LogP contribution in [0.3, 0.4) is 0 Å². The Kier molecular flexibility index (Phi) is 4.46. The van der Waals surface area contributed by atoms with Crippen LogP contribution in [0.5, 0.6) is 0 Å². The van der Waals surface area contributed by atoms with Crippen molar-refractivity contribution >= 4 is 32.6 Å². The van der Waals surface area contributed by atoms with Gasteiger partial charge in [0.25, 0.3) is 5.56 Å². The molecule has 0 unspecified atom stereocenters. The van der Waals surface area contributed by atoms with E-state index in [9.17, 15) is 9.59 Å². The molecule has 158 valence electrons. The van der Waals surface area contributed by atoms with Crippen molar-refractivity contribution in [3.8, 4) is 5.69 Å². The van der Waals surface area contributed by atoms with Gasteiger partial charge in [-0.15, -0.1) is 0 Å². The fourth-order valence-electron chi connectivity index (χ4n) is 6.23. The van der Waals surface area contributed by atoms with Crippen molar-refractivity contribution in [3.63, 3.8) is 0 Å². The first kappa shape index (κ1) is 19.4. The molecule has 4 nitrogen and oxygen atoms in total. The minimum atomic E-state index is -0.162. The number of halogens is 1. The maximum absolute atomic E-state index is 13.1. The third-order valence-corrected chi connectivity index (χ3v) is 8.45. The lowest BCUT2D eigenvalue weighted by Gasteiger charge is -2.33. The van der Waals surface area contributed by atoms with Crippen LogP contribution in [0.4, 0.5) is 0 Å². The van der Waals surface area contributed by atoms with Gasteiger partial charge in [-0.05, 0) is 76.9 Å². The van der Waals surface area contributed by atoms with E-state index < -0.39 is 0 Å². The van der Waals surface area contributed by atoms with Gasteiger partial charge in [0.15, 0.2) is 0 Å². The highest BCUT2D eigenvalue weighted by atomic mass is 79.9. The molecule has 0 bridgehead atoms. The predicted octanol–water partition coefficient (Wildman–Crippen LogP) is 5.94. The van der Waals surface area contributed by atoms with E-state index in [1.165, 1.54) is 23.2 Å². The number of benzene rings is 2. The third-order valence-electron chi connectivity index (χ3n) is 7.79. The zero-order valence-electron chi connectivity index (χ0n) is 17.5. The molecule has 2 fully saturated rings. The second-order valence-corrected chi connectivity index (χ2v) is 10.3. The number of carbonyl (C=O) groups excluding carboxylic acids is 1. The number of hydrogen-bond donors (Lipinski definition) is 0. The van der Waals surface area contributed by atoms with E-state index in [0.29, 0.717) is 29.9 Å². The topological polar surface area (TPSA) is 52.0 Å². The first-order valence-electron chi connectivity index (χ1n) is 11.5. The number of Topliss-reactive ketones (excluding diaryl/α,β-unsaturated/α-hetero) is 1. The largest absolute Gasteiger partial charge is 0.300 e. The van der Waals surface area contributed by atoms with E-state index in [1.807, 2.05) is 18.2 Å². The van der Waals surface area contributed by atoms with Crippen molar-refractivity contribution in [1.82, 2.24) is 9.55 Å². The minimum absolute atomic E-state index is 0.141. The Hall–Kier alpha value is -2.27. The second kappa shape index (κ2) is 7.13. The minimum Gasteiger partial charge on any atom is -0.300 e. The number of nitrogens with zero attached hydrogens (tertiary/aromatic N) is 2. The zero-order chi connectivity index (χ0) is 21.2. The highest BCUT2D eigenvalue weighted by Gasteiger charge is 2.46. The number of carbonyl (C=O) groups is 1. The lowest BCUT2D eigenvalue weighted by Crippen LogP contribution is -2.32. The summed E-state index contributed by atoms with van der Waals surface area (Å²) in [6, 6.07) is 12.9. The van der Waals surface area contributed by atoms with Crippen LogP contribution < -0.4 is 5.56 Å². The molecule has 3 aromatic rings. The molecule has 3 aliphatic rings. The molecular weight excluding hydrogens is 452 g/mol. The van der Waals surface area contributed by atoms with Crippen molar-refractivity contribution in [3.05, 3.63) is 68.2 Å². The molecule has 0 radical (unpaired) electrons. The Morgan fingerprint density at radius 2 is 1.77 bits per heavy atom. The van der Waals surface area contributed by atoms with Gasteiger partial charge >= 0.3 is 0 Å². The normalized spacial score (nSPS) is 20.2. The highest BCUT2D eigenvalue weighted by Crippen LogP contribution is 2.52. The fraction of sp³-hybridized carbons (Fsp3) is 0.423. The Bertz CT molecular complexity index is 1280. The van der Waals surface area contributed by atoms with Gasteiger partial charge in [-0.25, -0.2) is 0 Å². The summed E-state index contributed by atoms with van der Waals surface area (Å²) in [5.41, 5.74) is 4.45. The molecule has 0 atom stereocenters. The Morgan fingerprint density at radius 1 is 1.00 bits per heavy atom. The SMILES string of the molecule is O=C1CCC(c2ccc3c(c2)-n2c(nc(=O)c4c(Br)cccc42)C32CCCCC2)CC1. The average Bonchev–Trinajstić information content (AvgIpc) is 3.04. The molecule has 5 heteroatoms. The standard InChI is InChI=1S/C26H25BrN2O2/c27-20-5-4-6-21-23(20)24(31)28-25-26(13-2-1-3-14-26)19-12-9-17(15-22(19)29(21)25)16-7-10-18(30)11-8-16/h4-6,9,12,15-16H,1-3,7-8,10-11,13-14H2. The monoisotopic (exact) mass is 476 g/mol. The van der Waals surface area contributed by atoms with Gasteiger partial charge in [0.1, 0.15) is 11.6 Å². The summed E-state index contributed by atoms with van der Waals surface area (Å²) in [6.45, 7) is 0. The molecule has 31 heavy (non-hydrogen) atoms. The molecule has 1 aromatic heterocycles. The van der Waals surface area contributed by atoms with Gasteiger partial charge in [-0.3, -0.25) is 14.2 Å². The van der Waals surface area contributed by atoms with Gasteiger partial charge in [-0.1, -0.05) is 37.5 Å². The van der Waals surface area contributed by atoms with Crippen LogP contribution in [-0.2, 0) is 10.2 Å². The van der Waals surface area contributed by atoms with Crippen molar-refractivity contribution in [1.29, 1.82) is 0 Å². The van der Waals surface area contributed by atoms with Crippen LogP contribution in [0.15, 0.2) is 45.7 Å². The van der Waals surface area contributed by atoms with E-state index in [-0.39, 0.29) is 11.0 Å². The highest BCUT2D eigenvalue weighted by molar-refractivity contribution is 9.10. The summed E-state index contributed by atoms with van der Waals surface area (Å²) >= 11 is 3.58. The number of fused-ring (bicyclic) bond motifs is 7. The number of rotatable bonds is 1. The van der Waals surface area contributed by atoms with Crippen LogP contribution in [0.25, 0.3) is 16.6 Å². The summed E-state index contributed by atoms with van der Waals surface area (Å²) < 4.78 is 3.06. The van der Waals surface area contributed by atoms with Gasteiger partial charge in [0.2, 0.25) is 0 Å². The maximum Gasteiger partial charge on any atom is 0.281 e. The number of hydrogen-bond acceptors (Lipinski definition) is 3. The number of ketones is 1. The molecule has 0 saturated heterocycles. The van der Waals surface area contributed by atoms with Crippen molar-refractivity contribution in [2.75, 3.05) is 0 Å². The lowest BCUT2D eigenvalue weighted by atomic mass is 9.69. The molecule has 1 spiro atoms. The maximum atomic E-state index is 13.1. The van der Waals surface area contributed by atoms with Crippen LogP contribution in [0, 0.1) is 0 Å². The summed E-state index contributed by atoms with van der Waals surface area (Å²) in [4.78, 5) is 29.6. The molecule has 0 N–H and O–H groups in total. The molecule has 2 saturated carbocycles. The first-order valence-corrected chi connectivity index (χ1v) is 12.3. The molecule has 1 aliphatic heterocycles. The van der Waals surface area contributed by atoms with Crippen molar-refractivity contribution < 1.29 is 4.79 Å². The van der Waals surface area contributed by atoms with Gasteiger partial charge < -0.3 is 0 Å². The van der Waals surface area contributed by atoms with E-state index in [4.69, 9.17) is 4.98 Å². The Morgan fingerprint density at radius 3 is 2.55 bits per heavy atom. The fourth-order valence-corrected chi connectivity index (χ4v) is 6.75. The zero-order valence-corrected chi connectivity index (χ0v) is 19.1. The molecule has 2 aromatic carbocycles. The van der Waals surface area contributed by atoms with Crippen LogP contribution in [0.2, 0.25) is 0 Å². The smallest absolute Gasteiger partial charge is 0.281 e. The molecule has 2 aliphatic carbocycles. The predicted molar refractivity (Wildman–Crippen MR) is 125 cm³/mol. The average molecular weight is 477 g/mol. The van der Waals surface area contributed by atoms with Crippen LogP contribution in [-0.4, -0.2) is 15.3 Å². The van der Waals surface area contributed by atoms with E-state index >= 15 is 0 Å². The van der Waals surface area contributed by atoms with Gasteiger partial charge in [-0.2, -0.15) is 4.98 Å². The lowest BCUT2D eigenvalue weighted by molar-refractivity contribution is -0.120. The quantitative estimate of drug-likeness (QED) is 0.436. The van der Waals surface area contributed by atoms with Crippen LogP contribution >= 0.6 is 15.9 Å². The summed E-state index contributed by atoms with van der Waals surface area (Å²) in [5, 5.41) is 0.652. The summed E-state index contributed by atoms with van der Waals surface area (Å²) in [6.07, 6.45) is 8.91. The van der Waals surface area contributed by atoms with Crippen molar-refractivity contribution in [2.45, 2.75) is 69.1 Å². The van der Waals surface area contributed by atoms with E-state index in [2.05, 4.69) is 38.7 Å². The molecule has 0 amide bonds. The summed E-state index contributed by atoms with van der Waals surface area (Å²) in [5.74, 6) is 1.75. The Labute approximate surface area is 189 Å². The van der Waals surface area contributed by atoms with E-state index in [0.717, 1.165) is 54.3 Å². The molecule has 2 heterocycles. The molecular formula is C26H25BrN2O2. The van der Waals surface area contributed by atoms with Gasteiger partial charge in [0, 0.05) is 17.3 Å². The van der Waals surface area contributed by atoms with E-state index in [1.54, 1.807) is 0 Å². The second-order valence-electron chi connectivity index (χ2n) is 9.44. The third kappa shape index (κ3) is 2.82. The van der Waals surface area contributed by atoms with Crippen LogP contribution in [0.1, 0.15) is 80.7 Å². The van der Waals surface area contributed by atoms with Crippen molar-refractivity contribution in [2.24, 2.45) is 0 Å². The first-order chi connectivity index (χ1) is 15.1. The Balaban J connectivity index is 1.62. The van der Waals surface area contributed by atoms with Gasteiger partial charge in [0.05, 0.1) is 22.0 Å². The summed E-state index contributed by atoms with van der Waals surface area (Å²) in [7, 11) is 0.